The molecule has 2 rings (SSSR count). The van der Waals surface area contributed by atoms with Gasteiger partial charge in [-0.15, -0.1) is 11.3 Å². The maximum absolute atomic E-state index is 11.7. The Hall–Kier alpha value is -2.08. The maximum atomic E-state index is 11.7. The summed E-state index contributed by atoms with van der Waals surface area (Å²) in [6.07, 6.45) is -0.587. The third kappa shape index (κ3) is 2.68. The molecule has 0 spiro atoms. The monoisotopic (exact) mass is 279 g/mol. The second-order valence-electron chi connectivity index (χ2n) is 3.64. The van der Waals surface area contributed by atoms with E-state index >= 15 is 0 Å². The van der Waals surface area contributed by atoms with Crippen LogP contribution in [-0.2, 0) is 9.47 Å². The highest BCUT2D eigenvalue weighted by Crippen LogP contribution is 2.36. The second-order valence-corrected chi connectivity index (χ2v) is 4.69. The molecule has 19 heavy (non-hydrogen) atoms. The number of hydrogen-bond donors (Lipinski definition) is 1. The Labute approximate surface area is 114 Å². The summed E-state index contributed by atoms with van der Waals surface area (Å²) >= 11 is 1.27. The van der Waals surface area contributed by atoms with Crippen LogP contribution in [0.15, 0.2) is 24.3 Å². The number of thiophene rings is 1. The first kappa shape index (κ1) is 13.4. The molecule has 0 radical (unpaired) electrons. The molecule has 1 N–H and O–H groups in total. The summed E-state index contributed by atoms with van der Waals surface area (Å²) in [5.41, 5.74) is 0.436. The molecule has 100 valence electrons. The fraction of sp³-hybridized carbons (Fsp3) is 0.231. The standard InChI is InChI=1S/C13H13NO4S/c1-3-18-13(16)14-10-8-6-4-5-7-9(8)19-11(10)12(15)17-2/h4-7H,3H2,1-2H3,(H,14,16). The molecular formula is C13H13NO4S. The van der Waals surface area contributed by atoms with Crippen molar-refractivity contribution >= 4 is 39.2 Å². The summed E-state index contributed by atoms with van der Waals surface area (Å²) in [7, 11) is 1.31. The smallest absolute Gasteiger partial charge is 0.411 e. The molecule has 1 amide bonds. The Kier molecular flexibility index (Phi) is 4.01. The molecule has 0 bridgehead atoms. The van der Waals surface area contributed by atoms with Gasteiger partial charge in [0.25, 0.3) is 0 Å². The largest absolute Gasteiger partial charge is 0.465 e. The normalized spacial score (nSPS) is 10.2. The van der Waals surface area contributed by atoms with Crippen molar-refractivity contribution in [3.8, 4) is 0 Å². The van der Waals surface area contributed by atoms with Gasteiger partial charge in [-0.25, -0.2) is 9.59 Å². The predicted octanol–water partition coefficient (Wildman–Crippen LogP) is 3.26. The van der Waals surface area contributed by atoms with Crippen molar-refractivity contribution < 1.29 is 19.1 Å². The van der Waals surface area contributed by atoms with Gasteiger partial charge >= 0.3 is 12.1 Å². The molecule has 1 aromatic carbocycles. The number of carbonyl (C=O) groups is 2. The van der Waals surface area contributed by atoms with Crippen LogP contribution in [0.1, 0.15) is 16.6 Å². The summed E-state index contributed by atoms with van der Waals surface area (Å²) < 4.78 is 10.5. The number of carbonyl (C=O) groups excluding carboxylic acids is 2. The lowest BCUT2D eigenvalue weighted by molar-refractivity contribution is 0.0607. The highest BCUT2D eigenvalue weighted by Gasteiger charge is 2.20. The molecule has 0 saturated carbocycles. The molecule has 1 aromatic heterocycles. The average Bonchev–Trinajstić information content (AvgIpc) is 2.77. The van der Waals surface area contributed by atoms with Gasteiger partial charge in [-0.1, -0.05) is 18.2 Å². The summed E-state index contributed by atoms with van der Waals surface area (Å²) in [5.74, 6) is -0.479. The van der Waals surface area contributed by atoms with E-state index in [2.05, 4.69) is 5.32 Å². The van der Waals surface area contributed by atoms with E-state index in [4.69, 9.17) is 9.47 Å². The van der Waals surface area contributed by atoms with Crippen LogP contribution in [0.3, 0.4) is 0 Å². The van der Waals surface area contributed by atoms with Crippen LogP contribution in [0.4, 0.5) is 10.5 Å². The van der Waals surface area contributed by atoms with Crippen molar-refractivity contribution in [1.29, 1.82) is 0 Å². The van der Waals surface area contributed by atoms with Crippen LogP contribution < -0.4 is 5.32 Å². The van der Waals surface area contributed by atoms with Crippen LogP contribution in [-0.4, -0.2) is 25.8 Å². The maximum Gasteiger partial charge on any atom is 0.411 e. The number of methoxy groups -OCH3 is 1. The Bertz CT molecular complexity index is 620. The minimum Gasteiger partial charge on any atom is -0.465 e. The second kappa shape index (κ2) is 5.71. The van der Waals surface area contributed by atoms with E-state index < -0.39 is 12.1 Å². The van der Waals surface area contributed by atoms with Gasteiger partial charge < -0.3 is 9.47 Å². The Morgan fingerprint density at radius 1 is 1.32 bits per heavy atom. The Morgan fingerprint density at radius 2 is 2.05 bits per heavy atom. The van der Waals surface area contributed by atoms with Gasteiger partial charge in [-0.05, 0) is 13.0 Å². The Morgan fingerprint density at radius 3 is 2.74 bits per heavy atom. The average molecular weight is 279 g/mol. The van der Waals surface area contributed by atoms with Crippen molar-refractivity contribution in [2.45, 2.75) is 6.92 Å². The van der Waals surface area contributed by atoms with E-state index in [9.17, 15) is 9.59 Å². The lowest BCUT2D eigenvalue weighted by atomic mass is 10.2. The van der Waals surface area contributed by atoms with Gasteiger partial charge in [0.1, 0.15) is 4.88 Å². The van der Waals surface area contributed by atoms with Gasteiger partial charge in [0, 0.05) is 10.1 Å². The molecule has 0 saturated heterocycles. The lowest BCUT2D eigenvalue weighted by Gasteiger charge is -2.06. The summed E-state index contributed by atoms with van der Waals surface area (Å²) in [5, 5.41) is 3.39. The van der Waals surface area contributed by atoms with Crippen LogP contribution >= 0.6 is 11.3 Å². The molecular weight excluding hydrogens is 266 g/mol. The summed E-state index contributed by atoms with van der Waals surface area (Å²) in [6, 6.07) is 7.42. The molecule has 0 aliphatic heterocycles. The number of nitrogens with one attached hydrogen (secondary N) is 1. The van der Waals surface area contributed by atoms with Crippen LogP contribution in [0.25, 0.3) is 10.1 Å². The van der Waals surface area contributed by atoms with Gasteiger partial charge in [0.05, 0.1) is 19.4 Å². The molecule has 1 heterocycles. The Balaban J connectivity index is 2.48. The van der Waals surface area contributed by atoms with Crippen molar-refractivity contribution in [1.82, 2.24) is 0 Å². The number of hydrogen-bond acceptors (Lipinski definition) is 5. The predicted molar refractivity (Wildman–Crippen MR) is 73.8 cm³/mol. The number of rotatable bonds is 3. The van der Waals surface area contributed by atoms with Crippen LogP contribution in [0.2, 0.25) is 0 Å². The number of anilines is 1. The number of benzene rings is 1. The highest BCUT2D eigenvalue weighted by atomic mass is 32.1. The molecule has 0 aliphatic carbocycles. The topological polar surface area (TPSA) is 64.6 Å². The van der Waals surface area contributed by atoms with Gasteiger partial charge in [-0.3, -0.25) is 5.32 Å². The molecule has 0 fully saturated rings. The fourth-order valence-corrected chi connectivity index (χ4v) is 2.75. The van der Waals surface area contributed by atoms with Crippen molar-refractivity contribution in [3.05, 3.63) is 29.1 Å². The van der Waals surface area contributed by atoms with Crippen molar-refractivity contribution in [2.75, 3.05) is 19.0 Å². The minimum atomic E-state index is -0.587. The molecule has 0 atom stereocenters. The molecule has 2 aromatic rings. The van der Waals surface area contributed by atoms with Gasteiger partial charge in [0.15, 0.2) is 0 Å². The summed E-state index contributed by atoms with van der Waals surface area (Å²) in [6.45, 7) is 1.98. The molecule has 0 unspecified atom stereocenters. The minimum absolute atomic E-state index is 0.265. The number of amides is 1. The van der Waals surface area contributed by atoms with E-state index in [0.717, 1.165) is 10.1 Å². The fourth-order valence-electron chi connectivity index (χ4n) is 1.68. The number of ether oxygens (including phenoxy) is 2. The van der Waals surface area contributed by atoms with Crippen LogP contribution in [0, 0.1) is 0 Å². The van der Waals surface area contributed by atoms with E-state index in [1.165, 1.54) is 18.4 Å². The molecule has 5 nitrogen and oxygen atoms in total. The number of fused-ring (bicyclic) bond motifs is 1. The first-order chi connectivity index (χ1) is 9.17. The third-order valence-corrected chi connectivity index (χ3v) is 3.62. The molecule has 0 aliphatic rings. The van der Waals surface area contributed by atoms with E-state index in [0.29, 0.717) is 10.6 Å². The van der Waals surface area contributed by atoms with Gasteiger partial charge in [0.2, 0.25) is 0 Å². The first-order valence-corrected chi connectivity index (χ1v) is 6.52. The zero-order valence-corrected chi connectivity index (χ0v) is 11.4. The van der Waals surface area contributed by atoms with Gasteiger partial charge in [-0.2, -0.15) is 0 Å². The first-order valence-electron chi connectivity index (χ1n) is 5.71. The van der Waals surface area contributed by atoms with E-state index in [1.807, 2.05) is 24.3 Å². The third-order valence-electron chi connectivity index (χ3n) is 2.47. The SMILES string of the molecule is CCOC(=O)Nc1c(C(=O)OC)sc2ccccc12. The zero-order chi connectivity index (χ0) is 13.8. The molecule has 6 heteroatoms. The van der Waals surface area contributed by atoms with Crippen molar-refractivity contribution in [3.63, 3.8) is 0 Å². The summed E-state index contributed by atoms with van der Waals surface area (Å²) in [4.78, 5) is 23.6. The lowest BCUT2D eigenvalue weighted by Crippen LogP contribution is -2.15. The number of esters is 1. The quantitative estimate of drug-likeness (QED) is 0.876. The van der Waals surface area contributed by atoms with Crippen LogP contribution in [0.5, 0.6) is 0 Å². The highest BCUT2D eigenvalue weighted by molar-refractivity contribution is 7.21. The van der Waals surface area contributed by atoms with Crippen molar-refractivity contribution in [2.24, 2.45) is 0 Å². The zero-order valence-electron chi connectivity index (χ0n) is 10.6. The van der Waals surface area contributed by atoms with E-state index in [1.54, 1.807) is 6.92 Å². The van der Waals surface area contributed by atoms with E-state index in [-0.39, 0.29) is 6.61 Å².